The summed E-state index contributed by atoms with van der Waals surface area (Å²) in [5.74, 6) is 0.498. The lowest BCUT2D eigenvalue weighted by Crippen LogP contribution is -2.11. The van der Waals surface area contributed by atoms with E-state index in [1.807, 2.05) is 42.5 Å². The minimum atomic E-state index is -0.137. The number of carbonyl (C=O) groups excluding carboxylic acids is 1. The van der Waals surface area contributed by atoms with Crippen LogP contribution < -0.4 is 11.1 Å². The summed E-state index contributed by atoms with van der Waals surface area (Å²) in [6.45, 7) is 0. The maximum atomic E-state index is 12.0. The molecule has 0 bridgehead atoms. The second-order valence-electron chi connectivity index (χ2n) is 4.17. The fraction of sp³-hybridized carbons (Fsp3) is 0.0667. The van der Waals surface area contributed by atoms with Gasteiger partial charge in [-0.15, -0.1) is 0 Å². The van der Waals surface area contributed by atoms with Crippen LogP contribution in [0.1, 0.15) is 15.9 Å². The Morgan fingerprint density at radius 2 is 1.75 bits per heavy atom. The molecule has 0 saturated heterocycles. The lowest BCUT2D eigenvalue weighted by atomic mass is 10.1. The molecule has 0 aliphatic rings. The maximum Gasteiger partial charge on any atom is 0.255 e. The van der Waals surface area contributed by atoms with Gasteiger partial charge in [-0.2, -0.15) is 0 Å². The normalized spacial score (nSPS) is 10.0. The molecule has 0 aromatic heterocycles. The van der Waals surface area contributed by atoms with Crippen molar-refractivity contribution in [3.63, 3.8) is 0 Å². The SMILES string of the molecule is N=C(N)SCc1ccc(C(=O)Nc2ccccc2)cc1. The van der Waals surface area contributed by atoms with E-state index in [1.54, 1.807) is 12.1 Å². The van der Waals surface area contributed by atoms with Crippen molar-refractivity contribution in [3.8, 4) is 0 Å². The second-order valence-corrected chi connectivity index (χ2v) is 5.19. The van der Waals surface area contributed by atoms with Gasteiger partial charge in [-0.05, 0) is 29.8 Å². The lowest BCUT2D eigenvalue weighted by Gasteiger charge is -2.06. The zero-order valence-electron chi connectivity index (χ0n) is 10.8. The number of benzene rings is 2. The first-order valence-electron chi connectivity index (χ1n) is 6.07. The first-order valence-corrected chi connectivity index (χ1v) is 7.06. The van der Waals surface area contributed by atoms with Gasteiger partial charge < -0.3 is 11.1 Å². The van der Waals surface area contributed by atoms with Crippen LogP contribution in [-0.4, -0.2) is 11.1 Å². The zero-order valence-corrected chi connectivity index (χ0v) is 11.6. The molecule has 4 nitrogen and oxygen atoms in total. The first kappa shape index (κ1) is 14.1. The van der Waals surface area contributed by atoms with Gasteiger partial charge >= 0.3 is 0 Å². The van der Waals surface area contributed by atoms with E-state index in [-0.39, 0.29) is 11.1 Å². The van der Waals surface area contributed by atoms with Gasteiger partial charge in [0.15, 0.2) is 5.17 Å². The van der Waals surface area contributed by atoms with Gasteiger partial charge in [0.25, 0.3) is 5.91 Å². The summed E-state index contributed by atoms with van der Waals surface area (Å²) in [7, 11) is 0. The van der Waals surface area contributed by atoms with Crippen LogP contribution >= 0.6 is 11.8 Å². The fourth-order valence-electron chi connectivity index (χ4n) is 1.64. The smallest absolute Gasteiger partial charge is 0.255 e. The average Bonchev–Trinajstić information content (AvgIpc) is 2.46. The fourth-order valence-corrected chi connectivity index (χ4v) is 2.15. The van der Waals surface area contributed by atoms with Gasteiger partial charge in [0.1, 0.15) is 0 Å². The molecule has 0 heterocycles. The number of para-hydroxylation sites is 1. The Morgan fingerprint density at radius 3 is 2.35 bits per heavy atom. The summed E-state index contributed by atoms with van der Waals surface area (Å²) in [4.78, 5) is 12.0. The molecule has 0 aliphatic carbocycles. The van der Waals surface area contributed by atoms with Crippen LogP contribution in [0.3, 0.4) is 0 Å². The third-order valence-electron chi connectivity index (χ3n) is 2.64. The van der Waals surface area contributed by atoms with Crippen molar-refractivity contribution >= 4 is 28.5 Å². The molecule has 2 rings (SSSR count). The van der Waals surface area contributed by atoms with Gasteiger partial charge in [-0.25, -0.2) is 0 Å². The molecule has 4 N–H and O–H groups in total. The molecule has 0 radical (unpaired) electrons. The number of amidine groups is 1. The summed E-state index contributed by atoms with van der Waals surface area (Å²) in [6.07, 6.45) is 0. The van der Waals surface area contributed by atoms with Crippen molar-refractivity contribution in [1.29, 1.82) is 5.41 Å². The van der Waals surface area contributed by atoms with E-state index in [2.05, 4.69) is 5.32 Å². The van der Waals surface area contributed by atoms with Gasteiger partial charge in [0.2, 0.25) is 0 Å². The van der Waals surface area contributed by atoms with Crippen LogP contribution in [0.25, 0.3) is 0 Å². The summed E-state index contributed by atoms with van der Waals surface area (Å²) in [6, 6.07) is 16.6. The summed E-state index contributed by atoms with van der Waals surface area (Å²) in [5.41, 5.74) is 7.69. The highest BCUT2D eigenvalue weighted by Gasteiger charge is 2.05. The van der Waals surface area contributed by atoms with Crippen molar-refractivity contribution in [3.05, 3.63) is 65.7 Å². The number of rotatable bonds is 4. The number of anilines is 1. The highest BCUT2D eigenvalue weighted by molar-refractivity contribution is 8.13. The topological polar surface area (TPSA) is 79.0 Å². The summed E-state index contributed by atoms with van der Waals surface area (Å²) >= 11 is 1.26. The molecule has 1 amide bonds. The zero-order chi connectivity index (χ0) is 14.4. The van der Waals surface area contributed by atoms with Gasteiger partial charge in [-0.1, -0.05) is 42.1 Å². The Labute approximate surface area is 121 Å². The van der Waals surface area contributed by atoms with E-state index in [4.69, 9.17) is 11.1 Å². The van der Waals surface area contributed by atoms with E-state index in [9.17, 15) is 4.79 Å². The van der Waals surface area contributed by atoms with Gasteiger partial charge in [0.05, 0.1) is 0 Å². The highest BCUT2D eigenvalue weighted by Crippen LogP contribution is 2.14. The van der Waals surface area contributed by atoms with E-state index in [1.165, 1.54) is 11.8 Å². The third kappa shape index (κ3) is 4.13. The van der Waals surface area contributed by atoms with Crippen LogP contribution in [0.15, 0.2) is 54.6 Å². The number of nitrogens with one attached hydrogen (secondary N) is 2. The summed E-state index contributed by atoms with van der Waals surface area (Å²) in [5, 5.41) is 10.1. The number of carbonyl (C=O) groups is 1. The molecule has 0 spiro atoms. The van der Waals surface area contributed by atoms with Crippen molar-refractivity contribution in [2.24, 2.45) is 5.73 Å². The molecule has 0 unspecified atom stereocenters. The minimum absolute atomic E-state index is 0.0934. The monoisotopic (exact) mass is 285 g/mol. The predicted octanol–water partition coefficient (Wildman–Crippen LogP) is 3.07. The Morgan fingerprint density at radius 1 is 1.10 bits per heavy atom. The molecule has 0 atom stereocenters. The molecular weight excluding hydrogens is 270 g/mol. The molecule has 0 fully saturated rings. The third-order valence-corrected chi connectivity index (χ3v) is 3.43. The molecule has 102 valence electrons. The molecular formula is C15H15N3OS. The standard InChI is InChI=1S/C15H15N3OS/c16-15(17)20-10-11-6-8-12(9-7-11)14(19)18-13-4-2-1-3-5-13/h1-9H,10H2,(H3,16,17)(H,18,19). The molecule has 5 heteroatoms. The second kappa shape index (κ2) is 6.77. The lowest BCUT2D eigenvalue weighted by molar-refractivity contribution is 0.102. The summed E-state index contributed by atoms with van der Waals surface area (Å²) < 4.78 is 0. The Kier molecular flexibility index (Phi) is 4.79. The quantitative estimate of drug-likeness (QED) is 0.596. The highest BCUT2D eigenvalue weighted by atomic mass is 32.2. The van der Waals surface area contributed by atoms with Crippen LogP contribution in [0.2, 0.25) is 0 Å². The molecule has 2 aromatic rings. The van der Waals surface area contributed by atoms with Crippen molar-refractivity contribution in [2.45, 2.75) is 5.75 Å². The Hall–Kier alpha value is -2.27. The number of hydrogen-bond acceptors (Lipinski definition) is 3. The van der Waals surface area contributed by atoms with Crippen LogP contribution in [0, 0.1) is 5.41 Å². The maximum absolute atomic E-state index is 12.0. The van der Waals surface area contributed by atoms with E-state index in [0.717, 1.165) is 11.3 Å². The van der Waals surface area contributed by atoms with Crippen molar-refractivity contribution in [2.75, 3.05) is 5.32 Å². The first-order chi connectivity index (χ1) is 9.65. The number of nitrogens with two attached hydrogens (primary N) is 1. The van der Waals surface area contributed by atoms with E-state index in [0.29, 0.717) is 11.3 Å². The van der Waals surface area contributed by atoms with Crippen molar-refractivity contribution in [1.82, 2.24) is 0 Å². The van der Waals surface area contributed by atoms with E-state index >= 15 is 0 Å². The minimum Gasteiger partial charge on any atom is -0.379 e. The predicted molar refractivity (Wildman–Crippen MR) is 84.0 cm³/mol. The van der Waals surface area contributed by atoms with Gasteiger partial charge in [-0.3, -0.25) is 10.2 Å². The number of amides is 1. The van der Waals surface area contributed by atoms with Crippen LogP contribution in [0.5, 0.6) is 0 Å². The van der Waals surface area contributed by atoms with Crippen LogP contribution in [-0.2, 0) is 5.75 Å². The molecule has 20 heavy (non-hydrogen) atoms. The number of thioether (sulfide) groups is 1. The van der Waals surface area contributed by atoms with E-state index < -0.39 is 0 Å². The molecule has 0 saturated carbocycles. The Bertz CT molecular complexity index is 596. The van der Waals surface area contributed by atoms with Crippen molar-refractivity contribution < 1.29 is 4.79 Å². The number of hydrogen-bond donors (Lipinski definition) is 3. The molecule has 0 aliphatic heterocycles. The average molecular weight is 285 g/mol. The van der Waals surface area contributed by atoms with Crippen LogP contribution in [0.4, 0.5) is 5.69 Å². The Balaban J connectivity index is 1.99. The van der Waals surface area contributed by atoms with Gasteiger partial charge in [0, 0.05) is 17.0 Å². The largest absolute Gasteiger partial charge is 0.379 e. The molecule has 2 aromatic carbocycles.